The lowest BCUT2D eigenvalue weighted by Crippen LogP contribution is -2.30. The lowest BCUT2D eigenvalue weighted by molar-refractivity contribution is 0.0682. The molecule has 0 unspecified atom stereocenters. The van der Waals surface area contributed by atoms with E-state index in [0.717, 1.165) is 51.4 Å². The largest absolute Gasteiger partial charge is 0.393 e. The molecule has 1 aromatic rings. The minimum atomic E-state index is -0.0805. The van der Waals surface area contributed by atoms with Crippen LogP contribution in [0.25, 0.3) is 0 Å². The molecule has 2 heteroatoms. The van der Waals surface area contributed by atoms with Gasteiger partial charge in [-0.15, -0.1) is 0 Å². The van der Waals surface area contributed by atoms with E-state index in [2.05, 4.69) is 31.2 Å². The fraction of sp³-hybridized carbons (Fsp3) is 0.700. The standard InChI is InChI=1S/C20H30O2/c1-14-2-4-15(5-3-14)20(16-6-10-18(21)11-7-16)17-8-12-19(22)13-9-17/h2-5,16-22H,6-13H2,1H3. The topological polar surface area (TPSA) is 40.5 Å². The Kier molecular flexibility index (Phi) is 5.20. The molecule has 0 bridgehead atoms. The summed E-state index contributed by atoms with van der Waals surface area (Å²) in [5.74, 6) is 2.01. The third kappa shape index (κ3) is 3.72. The van der Waals surface area contributed by atoms with Crippen LogP contribution in [0.4, 0.5) is 0 Å². The van der Waals surface area contributed by atoms with Crippen molar-refractivity contribution in [2.45, 2.75) is 76.4 Å². The first kappa shape index (κ1) is 16.0. The second kappa shape index (κ2) is 7.14. The summed E-state index contributed by atoms with van der Waals surface area (Å²) in [4.78, 5) is 0. The molecule has 2 aliphatic carbocycles. The molecule has 0 radical (unpaired) electrons. The van der Waals surface area contributed by atoms with Gasteiger partial charge in [-0.3, -0.25) is 0 Å². The summed E-state index contributed by atoms with van der Waals surface area (Å²) >= 11 is 0. The average Bonchev–Trinajstić information content (AvgIpc) is 2.53. The molecule has 0 saturated heterocycles. The van der Waals surface area contributed by atoms with Crippen LogP contribution in [0.2, 0.25) is 0 Å². The number of rotatable bonds is 3. The minimum Gasteiger partial charge on any atom is -0.393 e. The number of hydrogen-bond donors (Lipinski definition) is 2. The molecule has 2 aliphatic rings. The molecule has 22 heavy (non-hydrogen) atoms. The normalized spacial score (nSPS) is 34.3. The van der Waals surface area contributed by atoms with Gasteiger partial charge in [0.1, 0.15) is 0 Å². The smallest absolute Gasteiger partial charge is 0.0540 e. The highest BCUT2D eigenvalue weighted by Gasteiger charge is 2.35. The highest BCUT2D eigenvalue weighted by atomic mass is 16.3. The van der Waals surface area contributed by atoms with Crippen molar-refractivity contribution in [1.82, 2.24) is 0 Å². The van der Waals surface area contributed by atoms with E-state index in [9.17, 15) is 10.2 Å². The van der Waals surface area contributed by atoms with Crippen molar-refractivity contribution in [3.8, 4) is 0 Å². The average molecular weight is 302 g/mol. The summed E-state index contributed by atoms with van der Waals surface area (Å²) in [5.41, 5.74) is 2.80. The number of hydrogen-bond acceptors (Lipinski definition) is 2. The van der Waals surface area contributed by atoms with Crippen LogP contribution < -0.4 is 0 Å². The van der Waals surface area contributed by atoms with Gasteiger partial charge in [-0.1, -0.05) is 29.8 Å². The van der Waals surface area contributed by atoms with Crippen molar-refractivity contribution in [2.24, 2.45) is 11.8 Å². The summed E-state index contributed by atoms with van der Waals surface area (Å²) in [6.45, 7) is 2.15. The van der Waals surface area contributed by atoms with Gasteiger partial charge in [-0.05, 0) is 81.6 Å². The van der Waals surface area contributed by atoms with E-state index < -0.39 is 0 Å². The van der Waals surface area contributed by atoms with Crippen LogP contribution in [0.1, 0.15) is 68.4 Å². The Bertz CT molecular complexity index is 429. The van der Waals surface area contributed by atoms with Gasteiger partial charge < -0.3 is 10.2 Å². The molecule has 0 heterocycles. The molecular formula is C20H30O2. The Morgan fingerprint density at radius 3 is 1.55 bits per heavy atom. The Morgan fingerprint density at radius 1 is 0.727 bits per heavy atom. The van der Waals surface area contributed by atoms with Crippen molar-refractivity contribution in [3.63, 3.8) is 0 Å². The van der Waals surface area contributed by atoms with Crippen LogP contribution in [-0.2, 0) is 0 Å². The number of aryl methyl sites for hydroxylation is 1. The number of aliphatic hydroxyl groups excluding tert-OH is 2. The maximum atomic E-state index is 9.83. The van der Waals surface area contributed by atoms with Crippen LogP contribution in [0, 0.1) is 18.8 Å². The predicted octanol–water partition coefficient (Wildman–Crippen LogP) is 4.18. The molecule has 0 aliphatic heterocycles. The van der Waals surface area contributed by atoms with Gasteiger partial charge >= 0.3 is 0 Å². The van der Waals surface area contributed by atoms with E-state index in [4.69, 9.17) is 0 Å². The van der Waals surface area contributed by atoms with E-state index in [1.54, 1.807) is 0 Å². The highest BCUT2D eigenvalue weighted by molar-refractivity contribution is 5.26. The van der Waals surface area contributed by atoms with Crippen molar-refractivity contribution in [3.05, 3.63) is 35.4 Å². The van der Waals surface area contributed by atoms with Gasteiger partial charge in [0.05, 0.1) is 12.2 Å². The van der Waals surface area contributed by atoms with E-state index in [-0.39, 0.29) is 12.2 Å². The first-order valence-corrected chi connectivity index (χ1v) is 9.06. The zero-order valence-electron chi connectivity index (χ0n) is 13.7. The van der Waals surface area contributed by atoms with Gasteiger partial charge in [0.2, 0.25) is 0 Å². The van der Waals surface area contributed by atoms with Crippen molar-refractivity contribution in [1.29, 1.82) is 0 Å². The Morgan fingerprint density at radius 2 is 1.14 bits per heavy atom. The van der Waals surface area contributed by atoms with Gasteiger partial charge in [-0.25, -0.2) is 0 Å². The summed E-state index contributed by atoms with van der Waals surface area (Å²) in [6.07, 6.45) is 8.29. The lowest BCUT2D eigenvalue weighted by Gasteiger charge is -2.40. The third-order valence-corrected chi connectivity index (χ3v) is 5.96. The van der Waals surface area contributed by atoms with E-state index in [1.165, 1.54) is 11.1 Å². The Hall–Kier alpha value is -0.860. The fourth-order valence-corrected chi connectivity index (χ4v) is 4.64. The van der Waals surface area contributed by atoms with Gasteiger partial charge in [0, 0.05) is 0 Å². The van der Waals surface area contributed by atoms with E-state index >= 15 is 0 Å². The molecular weight excluding hydrogens is 272 g/mol. The van der Waals surface area contributed by atoms with E-state index in [1.807, 2.05) is 0 Å². The molecule has 2 nitrogen and oxygen atoms in total. The van der Waals surface area contributed by atoms with Gasteiger partial charge in [0.25, 0.3) is 0 Å². The minimum absolute atomic E-state index is 0.0805. The van der Waals surface area contributed by atoms with Crippen LogP contribution in [0.3, 0.4) is 0 Å². The summed E-state index contributed by atoms with van der Waals surface area (Å²) in [5, 5.41) is 19.7. The van der Waals surface area contributed by atoms with Crippen LogP contribution in [0.15, 0.2) is 24.3 Å². The van der Waals surface area contributed by atoms with Crippen molar-refractivity contribution < 1.29 is 10.2 Å². The molecule has 2 N–H and O–H groups in total. The Balaban J connectivity index is 1.80. The quantitative estimate of drug-likeness (QED) is 0.879. The van der Waals surface area contributed by atoms with Crippen molar-refractivity contribution >= 4 is 0 Å². The molecule has 1 aromatic carbocycles. The first-order chi connectivity index (χ1) is 10.6. The SMILES string of the molecule is Cc1ccc(C(C2CCC(O)CC2)C2CCC(O)CC2)cc1. The molecule has 3 rings (SSSR count). The molecule has 122 valence electrons. The molecule has 2 saturated carbocycles. The number of benzene rings is 1. The van der Waals surface area contributed by atoms with Crippen molar-refractivity contribution in [2.75, 3.05) is 0 Å². The summed E-state index contributed by atoms with van der Waals surface area (Å²) in [6, 6.07) is 9.10. The number of aliphatic hydroxyl groups is 2. The molecule has 0 aromatic heterocycles. The third-order valence-electron chi connectivity index (χ3n) is 5.96. The Labute approximate surface area is 134 Å². The lowest BCUT2D eigenvalue weighted by atomic mass is 9.66. The zero-order chi connectivity index (χ0) is 15.5. The second-order valence-electron chi connectivity index (χ2n) is 7.57. The summed E-state index contributed by atoms with van der Waals surface area (Å²) < 4.78 is 0. The first-order valence-electron chi connectivity index (χ1n) is 9.06. The zero-order valence-corrected chi connectivity index (χ0v) is 13.7. The molecule has 0 spiro atoms. The molecule has 0 amide bonds. The van der Waals surface area contributed by atoms with E-state index in [0.29, 0.717) is 17.8 Å². The monoisotopic (exact) mass is 302 g/mol. The maximum Gasteiger partial charge on any atom is 0.0540 e. The maximum absolute atomic E-state index is 9.83. The van der Waals surface area contributed by atoms with Crippen LogP contribution >= 0.6 is 0 Å². The second-order valence-corrected chi connectivity index (χ2v) is 7.57. The van der Waals surface area contributed by atoms with Crippen LogP contribution in [-0.4, -0.2) is 22.4 Å². The van der Waals surface area contributed by atoms with Crippen LogP contribution in [0.5, 0.6) is 0 Å². The fourth-order valence-electron chi connectivity index (χ4n) is 4.64. The summed E-state index contributed by atoms with van der Waals surface area (Å²) in [7, 11) is 0. The van der Waals surface area contributed by atoms with Gasteiger partial charge in [0.15, 0.2) is 0 Å². The molecule has 2 fully saturated rings. The van der Waals surface area contributed by atoms with Gasteiger partial charge in [-0.2, -0.15) is 0 Å². The molecule has 0 atom stereocenters. The highest BCUT2D eigenvalue weighted by Crippen LogP contribution is 2.45. The predicted molar refractivity (Wildman–Crippen MR) is 89.8 cm³/mol.